The van der Waals surface area contributed by atoms with Crippen LogP contribution in [0.2, 0.25) is 0 Å². The van der Waals surface area contributed by atoms with Crippen molar-refractivity contribution < 1.29 is 18.0 Å². The van der Waals surface area contributed by atoms with Gasteiger partial charge in [0, 0.05) is 30.6 Å². The molecule has 1 atom stereocenters. The minimum atomic E-state index is -3.63. The summed E-state index contributed by atoms with van der Waals surface area (Å²) in [6.07, 6.45) is 2.04. The molecular weight excluding hydrogens is 428 g/mol. The number of piperidine rings is 1. The summed E-state index contributed by atoms with van der Waals surface area (Å²) in [5.74, 6) is -0.711. The van der Waals surface area contributed by atoms with Gasteiger partial charge in [-0.3, -0.25) is 9.59 Å². The first-order chi connectivity index (χ1) is 15.2. The van der Waals surface area contributed by atoms with E-state index in [-0.39, 0.29) is 28.7 Å². The smallest absolute Gasteiger partial charge is 0.255 e. The lowest BCUT2D eigenvalue weighted by atomic mass is 9.96. The van der Waals surface area contributed by atoms with Crippen LogP contribution < -0.4 is 20.7 Å². The lowest BCUT2D eigenvalue weighted by Gasteiger charge is -2.33. The van der Waals surface area contributed by atoms with Gasteiger partial charge in [0.2, 0.25) is 15.9 Å². The topological polar surface area (TPSA) is 122 Å². The molecule has 1 saturated heterocycles. The normalized spacial score (nSPS) is 15.9. The monoisotopic (exact) mass is 458 g/mol. The van der Waals surface area contributed by atoms with Gasteiger partial charge in [0.1, 0.15) is 0 Å². The minimum absolute atomic E-state index is 0.113. The van der Waals surface area contributed by atoms with E-state index < -0.39 is 10.0 Å². The van der Waals surface area contributed by atoms with Crippen molar-refractivity contribution in [1.82, 2.24) is 4.72 Å². The lowest BCUT2D eigenvalue weighted by Crippen LogP contribution is -2.38. The van der Waals surface area contributed by atoms with Gasteiger partial charge in [-0.25, -0.2) is 13.1 Å². The number of nitrogens with two attached hydrogens (primary N) is 1. The van der Waals surface area contributed by atoms with Gasteiger partial charge in [-0.05, 0) is 62.6 Å². The third-order valence-electron chi connectivity index (χ3n) is 5.79. The molecule has 8 nitrogen and oxygen atoms in total. The number of benzene rings is 2. The largest absolute Gasteiger partial charge is 0.370 e. The van der Waals surface area contributed by atoms with Crippen molar-refractivity contribution in [3.8, 4) is 0 Å². The summed E-state index contributed by atoms with van der Waals surface area (Å²) in [5.41, 5.74) is 7.31. The van der Waals surface area contributed by atoms with Crippen molar-refractivity contribution in [2.75, 3.05) is 23.3 Å². The van der Waals surface area contributed by atoms with Gasteiger partial charge >= 0.3 is 0 Å². The predicted octanol–water partition coefficient (Wildman–Crippen LogP) is 2.72. The number of rotatable bonds is 8. The first kappa shape index (κ1) is 23.7. The fraction of sp³-hybridized carbons (Fsp3) is 0.391. The van der Waals surface area contributed by atoms with E-state index in [1.807, 2.05) is 31.2 Å². The van der Waals surface area contributed by atoms with E-state index in [2.05, 4.69) is 14.9 Å². The van der Waals surface area contributed by atoms with Gasteiger partial charge < -0.3 is 16.0 Å². The summed E-state index contributed by atoms with van der Waals surface area (Å²) >= 11 is 0. The van der Waals surface area contributed by atoms with Crippen LogP contribution in [0.3, 0.4) is 0 Å². The molecule has 2 amide bonds. The Labute approximate surface area is 189 Å². The van der Waals surface area contributed by atoms with Crippen LogP contribution in [0.25, 0.3) is 0 Å². The number of nitrogens with zero attached hydrogens (tertiary/aromatic N) is 1. The van der Waals surface area contributed by atoms with Crippen LogP contribution >= 0.6 is 0 Å². The molecule has 0 radical (unpaired) electrons. The maximum atomic E-state index is 12.8. The molecule has 0 spiro atoms. The number of primary amides is 1. The number of para-hydroxylation sites is 2. The maximum Gasteiger partial charge on any atom is 0.255 e. The molecule has 4 N–H and O–H groups in total. The number of anilines is 2. The Morgan fingerprint density at radius 2 is 1.72 bits per heavy atom. The second-order valence-electron chi connectivity index (χ2n) is 8.09. The summed E-state index contributed by atoms with van der Waals surface area (Å²) in [6.45, 7) is 5.05. The predicted molar refractivity (Wildman–Crippen MR) is 125 cm³/mol. The Morgan fingerprint density at radius 3 is 2.31 bits per heavy atom. The first-order valence-electron chi connectivity index (χ1n) is 10.8. The van der Waals surface area contributed by atoms with Gasteiger partial charge in [-0.15, -0.1) is 0 Å². The molecule has 0 bridgehead atoms. The van der Waals surface area contributed by atoms with E-state index in [1.54, 1.807) is 6.92 Å². The summed E-state index contributed by atoms with van der Waals surface area (Å²) in [5, 5.41) is 2.92. The Balaban J connectivity index is 1.71. The molecule has 1 heterocycles. The lowest BCUT2D eigenvalue weighted by molar-refractivity contribution is -0.122. The summed E-state index contributed by atoms with van der Waals surface area (Å²) < 4.78 is 27.4. The number of hydrogen-bond acceptors (Lipinski definition) is 5. The van der Waals surface area contributed by atoms with Crippen LogP contribution in [0.1, 0.15) is 43.5 Å². The molecule has 2 aromatic carbocycles. The fourth-order valence-corrected chi connectivity index (χ4v) is 4.98. The fourth-order valence-electron chi connectivity index (χ4n) is 3.66. The Bertz CT molecular complexity index is 1060. The van der Waals surface area contributed by atoms with E-state index in [9.17, 15) is 18.0 Å². The van der Waals surface area contributed by atoms with Crippen molar-refractivity contribution in [1.29, 1.82) is 0 Å². The zero-order valence-corrected chi connectivity index (χ0v) is 19.2. The Kier molecular flexibility index (Phi) is 7.52. The van der Waals surface area contributed by atoms with Gasteiger partial charge in [0.15, 0.2) is 0 Å². The van der Waals surface area contributed by atoms with E-state index >= 15 is 0 Å². The molecular formula is C23H30N4O4S. The van der Waals surface area contributed by atoms with Crippen LogP contribution in [0.5, 0.6) is 0 Å². The molecule has 2 aromatic rings. The van der Waals surface area contributed by atoms with Gasteiger partial charge in [-0.2, -0.15) is 0 Å². The molecule has 1 fully saturated rings. The van der Waals surface area contributed by atoms with Crippen molar-refractivity contribution in [3.63, 3.8) is 0 Å². The second-order valence-corrected chi connectivity index (χ2v) is 9.80. The van der Waals surface area contributed by atoms with Crippen LogP contribution in [-0.2, 0) is 14.8 Å². The Hall–Kier alpha value is -2.91. The van der Waals surface area contributed by atoms with E-state index in [4.69, 9.17) is 5.73 Å². The minimum Gasteiger partial charge on any atom is -0.370 e. The van der Waals surface area contributed by atoms with Crippen molar-refractivity contribution in [2.45, 2.75) is 44.0 Å². The molecule has 0 saturated carbocycles. The molecule has 0 aromatic heterocycles. The second kappa shape index (κ2) is 10.1. The summed E-state index contributed by atoms with van der Waals surface area (Å²) in [7, 11) is -3.63. The van der Waals surface area contributed by atoms with Gasteiger partial charge in [0.05, 0.1) is 16.3 Å². The highest BCUT2D eigenvalue weighted by atomic mass is 32.2. The number of carbonyl (C=O) groups is 2. The maximum absolute atomic E-state index is 12.8. The SMILES string of the molecule is CCC(C)NS(=O)(=O)c1ccc(C(=O)Nc2ccccc2N2CCC(C(N)=O)CC2)cc1. The molecule has 1 aliphatic rings. The third-order valence-corrected chi connectivity index (χ3v) is 7.39. The number of hydrogen-bond donors (Lipinski definition) is 3. The highest BCUT2D eigenvalue weighted by Gasteiger charge is 2.25. The summed E-state index contributed by atoms with van der Waals surface area (Å²) in [6, 6.07) is 13.2. The first-order valence-corrected chi connectivity index (χ1v) is 12.3. The quantitative estimate of drug-likeness (QED) is 0.562. The standard InChI is InChI=1S/C23H30N4O4S/c1-3-16(2)26-32(30,31)19-10-8-18(9-11-19)23(29)25-20-6-4-5-7-21(20)27-14-12-17(13-15-27)22(24)28/h4-11,16-17,26H,3,12-15H2,1-2H3,(H2,24,28)(H,25,29). The molecule has 9 heteroatoms. The van der Waals surface area contributed by atoms with Crippen LogP contribution in [-0.4, -0.2) is 39.4 Å². The Morgan fingerprint density at radius 1 is 1.09 bits per heavy atom. The van der Waals surface area contributed by atoms with E-state index in [0.29, 0.717) is 43.6 Å². The van der Waals surface area contributed by atoms with Crippen molar-refractivity contribution in [2.24, 2.45) is 11.7 Å². The van der Waals surface area contributed by atoms with Crippen LogP contribution in [0.15, 0.2) is 53.4 Å². The number of amides is 2. The third kappa shape index (κ3) is 5.66. The number of nitrogens with one attached hydrogen (secondary N) is 2. The van der Waals surface area contributed by atoms with Crippen molar-refractivity contribution in [3.05, 3.63) is 54.1 Å². The van der Waals surface area contributed by atoms with Gasteiger partial charge in [0.25, 0.3) is 5.91 Å². The zero-order chi connectivity index (χ0) is 23.3. The number of carbonyl (C=O) groups excluding carboxylic acids is 2. The van der Waals surface area contributed by atoms with E-state index in [0.717, 1.165) is 5.69 Å². The van der Waals surface area contributed by atoms with Crippen LogP contribution in [0, 0.1) is 5.92 Å². The highest BCUT2D eigenvalue weighted by molar-refractivity contribution is 7.89. The van der Waals surface area contributed by atoms with Gasteiger partial charge in [-0.1, -0.05) is 19.1 Å². The highest BCUT2D eigenvalue weighted by Crippen LogP contribution is 2.30. The zero-order valence-electron chi connectivity index (χ0n) is 18.4. The molecule has 172 valence electrons. The van der Waals surface area contributed by atoms with E-state index in [1.165, 1.54) is 24.3 Å². The average Bonchev–Trinajstić information content (AvgIpc) is 2.79. The molecule has 0 aliphatic carbocycles. The molecule has 3 rings (SSSR count). The van der Waals surface area contributed by atoms with Crippen molar-refractivity contribution >= 4 is 33.2 Å². The number of sulfonamides is 1. The summed E-state index contributed by atoms with van der Waals surface area (Å²) in [4.78, 5) is 26.5. The van der Waals surface area contributed by atoms with Crippen LogP contribution in [0.4, 0.5) is 11.4 Å². The average molecular weight is 459 g/mol. The molecule has 1 unspecified atom stereocenters. The molecule has 1 aliphatic heterocycles. The molecule has 32 heavy (non-hydrogen) atoms.